The Balaban J connectivity index is 1.88. The summed E-state index contributed by atoms with van der Waals surface area (Å²) in [5, 5.41) is 0. The van der Waals surface area contributed by atoms with E-state index in [9.17, 15) is 9.00 Å². The fourth-order valence-corrected chi connectivity index (χ4v) is 3.43. The number of carbonyl (C=O) groups excluding carboxylic acids is 1. The second-order valence-corrected chi connectivity index (χ2v) is 8.22. The van der Waals surface area contributed by atoms with Crippen LogP contribution in [0.1, 0.15) is 27.0 Å². The lowest BCUT2D eigenvalue weighted by atomic mass is 10.2. The Labute approximate surface area is 158 Å². The van der Waals surface area contributed by atoms with Gasteiger partial charge in [-0.15, -0.1) is 0 Å². The number of aryl methyl sites for hydroxylation is 1. The molecule has 2 aromatic heterocycles. The average molecular weight is 375 g/mol. The molecule has 0 aliphatic rings. The smallest absolute Gasteiger partial charge is 0.266 e. The summed E-state index contributed by atoms with van der Waals surface area (Å²) < 4.78 is 16.8. The Hall–Kier alpha value is -3.30. The molecule has 0 radical (unpaired) electrons. The van der Waals surface area contributed by atoms with E-state index in [1.54, 1.807) is 48.9 Å². The van der Waals surface area contributed by atoms with E-state index in [0.29, 0.717) is 10.5 Å². The standard InChI is InChI=1S/C21H17N3O2S/c1-16-3-7-20(8-4-16)27(2,26)24-21(25)19-13-18(14-23-15-19)6-5-17-9-11-22-12-10-17/h3-4,7-15H,1-2H3. The summed E-state index contributed by atoms with van der Waals surface area (Å²) in [4.78, 5) is 21.0. The number of amides is 1. The second-order valence-electron chi connectivity index (χ2n) is 5.96. The highest BCUT2D eigenvalue weighted by molar-refractivity contribution is 7.93. The van der Waals surface area contributed by atoms with E-state index >= 15 is 0 Å². The fourth-order valence-electron chi connectivity index (χ4n) is 2.26. The molecule has 1 atom stereocenters. The van der Waals surface area contributed by atoms with Crippen LogP contribution >= 0.6 is 0 Å². The maximum absolute atomic E-state index is 12.8. The van der Waals surface area contributed by atoms with Crippen LogP contribution in [0.2, 0.25) is 0 Å². The van der Waals surface area contributed by atoms with Gasteiger partial charge >= 0.3 is 0 Å². The van der Waals surface area contributed by atoms with Gasteiger partial charge in [-0.1, -0.05) is 29.5 Å². The third-order valence-corrected chi connectivity index (χ3v) is 5.39. The molecule has 0 fully saturated rings. The SMILES string of the molecule is Cc1ccc(S(C)(=O)=NC(=O)c2cncc(C#Cc3ccncc3)c2)cc1. The number of nitrogens with zero attached hydrogens (tertiary/aromatic N) is 3. The summed E-state index contributed by atoms with van der Waals surface area (Å²) >= 11 is 0. The van der Waals surface area contributed by atoms with Gasteiger partial charge in [-0.2, -0.15) is 4.36 Å². The molecule has 0 saturated carbocycles. The van der Waals surface area contributed by atoms with Crippen molar-refractivity contribution in [2.45, 2.75) is 11.8 Å². The van der Waals surface area contributed by atoms with Crippen molar-refractivity contribution in [2.75, 3.05) is 6.26 Å². The molecular formula is C21H17N3O2S. The molecule has 27 heavy (non-hydrogen) atoms. The van der Waals surface area contributed by atoms with Gasteiger partial charge in [0.15, 0.2) is 0 Å². The van der Waals surface area contributed by atoms with E-state index in [-0.39, 0.29) is 5.56 Å². The zero-order chi connectivity index (χ0) is 19.3. The molecule has 3 rings (SSSR count). The minimum Gasteiger partial charge on any atom is -0.266 e. The normalized spacial score (nSPS) is 12.4. The molecule has 1 amide bonds. The quantitative estimate of drug-likeness (QED) is 0.643. The minimum atomic E-state index is -2.84. The fraction of sp³-hybridized carbons (Fsp3) is 0.0952. The molecule has 1 aromatic carbocycles. The molecule has 0 spiro atoms. The maximum Gasteiger partial charge on any atom is 0.286 e. The van der Waals surface area contributed by atoms with Crippen molar-refractivity contribution in [3.8, 4) is 11.8 Å². The van der Waals surface area contributed by atoms with Crippen LogP contribution in [0.4, 0.5) is 0 Å². The van der Waals surface area contributed by atoms with Crippen LogP contribution in [-0.4, -0.2) is 26.3 Å². The first-order valence-corrected chi connectivity index (χ1v) is 10.1. The first kappa shape index (κ1) is 18.5. The van der Waals surface area contributed by atoms with Gasteiger partial charge in [-0.3, -0.25) is 14.8 Å². The van der Waals surface area contributed by atoms with Crippen LogP contribution in [-0.2, 0) is 9.73 Å². The predicted molar refractivity (Wildman–Crippen MR) is 105 cm³/mol. The third-order valence-electron chi connectivity index (χ3n) is 3.73. The summed E-state index contributed by atoms with van der Waals surface area (Å²) in [6, 6.07) is 12.3. The second kappa shape index (κ2) is 7.94. The molecule has 0 bridgehead atoms. The lowest BCUT2D eigenvalue weighted by molar-refractivity contribution is 0.100. The van der Waals surface area contributed by atoms with Gasteiger partial charge in [0.05, 0.1) is 15.3 Å². The number of rotatable bonds is 2. The number of hydrogen-bond donors (Lipinski definition) is 0. The number of hydrogen-bond acceptors (Lipinski definition) is 4. The first-order chi connectivity index (χ1) is 12.9. The lowest BCUT2D eigenvalue weighted by Gasteiger charge is -2.04. The van der Waals surface area contributed by atoms with E-state index in [0.717, 1.165) is 11.1 Å². The van der Waals surface area contributed by atoms with Crippen LogP contribution in [0, 0.1) is 18.8 Å². The van der Waals surface area contributed by atoms with Crippen molar-refractivity contribution in [1.29, 1.82) is 0 Å². The van der Waals surface area contributed by atoms with Gasteiger partial charge in [-0.05, 0) is 37.3 Å². The van der Waals surface area contributed by atoms with Crippen LogP contribution < -0.4 is 0 Å². The molecule has 2 heterocycles. The summed E-state index contributed by atoms with van der Waals surface area (Å²) in [6.07, 6.45) is 7.73. The van der Waals surface area contributed by atoms with Gasteiger partial charge in [-0.25, -0.2) is 4.21 Å². The summed E-state index contributed by atoms with van der Waals surface area (Å²) in [5.41, 5.74) is 2.68. The molecule has 134 valence electrons. The van der Waals surface area contributed by atoms with Crippen molar-refractivity contribution in [2.24, 2.45) is 4.36 Å². The number of pyridine rings is 2. The van der Waals surface area contributed by atoms with Crippen molar-refractivity contribution >= 4 is 15.6 Å². The highest BCUT2D eigenvalue weighted by Crippen LogP contribution is 2.14. The Morgan fingerprint density at radius 1 is 0.963 bits per heavy atom. The number of benzene rings is 1. The number of aromatic nitrogens is 2. The van der Waals surface area contributed by atoms with Crippen LogP contribution in [0.3, 0.4) is 0 Å². The van der Waals surface area contributed by atoms with Crippen molar-refractivity contribution in [1.82, 2.24) is 9.97 Å². The molecule has 1 unspecified atom stereocenters. The topological polar surface area (TPSA) is 72.3 Å². The molecule has 3 aromatic rings. The van der Waals surface area contributed by atoms with Gasteiger partial charge < -0.3 is 0 Å². The predicted octanol–water partition coefficient (Wildman–Crippen LogP) is 3.48. The molecule has 6 heteroatoms. The van der Waals surface area contributed by atoms with Crippen molar-refractivity contribution in [3.63, 3.8) is 0 Å². The van der Waals surface area contributed by atoms with Crippen LogP contribution in [0.5, 0.6) is 0 Å². The van der Waals surface area contributed by atoms with Crippen molar-refractivity contribution < 1.29 is 9.00 Å². The van der Waals surface area contributed by atoms with Gasteiger partial charge in [0.25, 0.3) is 5.91 Å². The van der Waals surface area contributed by atoms with Gasteiger partial charge in [0.1, 0.15) is 0 Å². The zero-order valence-corrected chi connectivity index (χ0v) is 15.7. The van der Waals surface area contributed by atoms with Crippen molar-refractivity contribution in [3.05, 3.63) is 89.5 Å². The summed E-state index contributed by atoms with van der Waals surface area (Å²) in [6.45, 7) is 1.94. The lowest BCUT2D eigenvalue weighted by Crippen LogP contribution is -2.04. The van der Waals surface area contributed by atoms with E-state index in [1.165, 1.54) is 12.5 Å². The largest absolute Gasteiger partial charge is 0.286 e. The highest BCUT2D eigenvalue weighted by atomic mass is 32.2. The molecule has 0 aliphatic heterocycles. The molecule has 0 saturated heterocycles. The van der Waals surface area contributed by atoms with E-state index in [4.69, 9.17) is 0 Å². The van der Waals surface area contributed by atoms with E-state index in [2.05, 4.69) is 26.2 Å². The van der Waals surface area contributed by atoms with Gasteiger partial charge in [0, 0.05) is 47.1 Å². The Morgan fingerprint density at radius 3 is 2.33 bits per heavy atom. The van der Waals surface area contributed by atoms with E-state index < -0.39 is 15.6 Å². The van der Waals surface area contributed by atoms with Gasteiger partial charge in [0.2, 0.25) is 0 Å². The molecule has 5 nitrogen and oxygen atoms in total. The minimum absolute atomic E-state index is 0.248. The monoisotopic (exact) mass is 375 g/mol. The molecular weight excluding hydrogens is 358 g/mol. The summed E-state index contributed by atoms with van der Waals surface area (Å²) in [5.74, 6) is 5.35. The molecule has 0 aliphatic carbocycles. The average Bonchev–Trinajstić information content (AvgIpc) is 2.67. The third kappa shape index (κ3) is 4.87. The Bertz CT molecular complexity index is 1150. The maximum atomic E-state index is 12.8. The van der Waals surface area contributed by atoms with E-state index in [1.807, 2.05) is 19.1 Å². The number of carbonyl (C=O) groups is 1. The highest BCUT2D eigenvalue weighted by Gasteiger charge is 2.12. The summed E-state index contributed by atoms with van der Waals surface area (Å²) in [7, 11) is -2.84. The van der Waals surface area contributed by atoms with Crippen LogP contribution in [0.25, 0.3) is 0 Å². The Kier molecular flexibility index (Phi) is 5.43. The first-order valence-electron chi connectivity index (χ1n) is 8.14. The zero-order valence-electron chi connectivity index (χ0n) is 14.9. The Morgan fingerprint density at radius 2 is 1.63 bits per heavy atom. The molecule has 0 N–H and O–H groups in total. The van der Waals surface area contributed by atoms with Crippen LogP contribution in [0.15, 0.2) is 76.5 Å².